The molecule has 4 rings (SSSR count). The van der Waals surface area contributed by atoms with Gasteiger partial charge in [0.2, 0.25) is 0 Å². The predicted octanol–water partition coefficient (Wildman–Crippen LogP) is 2.81. The zero-order chi connectivity index (χ0) is 21.8. The largest absolute Gasteiger partial charge is 0.496 e. The highest BCUT2D eigenvalue weighted by Gasteiger charge is 2.18. The number of pyridine rings is 1. The zero-order valence-electron chi connectivity index (χ0n) is 16.6. The number of hydrogen-bond donors (Lipinski definition) is 3. The van der Waals surface area contributed by atoms with E-state index >= 15 is 0 Å². The van der Waals surface area contributed by atoms with Crippen LogP contribution in [0.2, 0.25) is 0 Å². The number of hydrogen-bond acceptors (Lipinski definition) is 7. The van der Waals surface area contributed by atoms with E-state index in [1.54, 1.807) is 48.8 Å². The maximum Gasteiger partial charge on any atom is 0.261 e. The van der Waals surface area contributed by atoms with Crippen molar-refractivity contribution in [2.24, 2.45) is 0 Å². The Hall–Kier alpha value is -3.63. The lowest BCUT2D eigenvalue weighted by molar-refractivity contribution is 0.201. The molecular formula is C21H20N4O5S. The summed E-state index contributed by atoms with van der Waals surface area (Å²) in [5.74, 6) is 1.06. The minimum Gasteiger partial charge on any atom is -0.496 e. The minimum atomic E-state index is -3.86. The first-order valence-corrected chi connectivity index (χ1v) is 10.8. The van der Waals surface area contributed by atoms with Crippen LogP contribution in [0.25, 0.3) is 22.2 Å². The van der Waals surface area contributed by atoms with Crippen molar-refractivity contribution < 1.29 is 23.0 Å². The van der Waals surface area contributed by atoms with Gasteiger partial charge in [-0.15, -0.1) is 0 Å². The Balaban J connectivity index is 1.64. The van der Waals surface area contributed by atoms with Gasteiger partial charge in [0.15, 0.2) is 5.65 Å². The molecule has 0 bridgehead atoms. The zero-order valence-corrected chi connectivity index (χ0v) is 17.4. The molecule has 2 heterocycles. The smallest absolute Gasteiger partial charge is 0.261 e. The van der Waals surface area contributed by atoms with Gasteiger partial charge in [0.25, 0.3) is 10.0 Å². The third-order valence-electron chi connectivity index (χ3n) is 4.55. The average Bonchev–Trinajstić information content (AvgIpc) is 3.26. The number of nitrogens with zero attached hydrogens (tertiary/aromatic N) is 2. The van der Waals surface area contributed by atoms with Crippen LogP contribution in [0.4, 0.5) is 5.69 Å². The van der Waals surface area contributed by atoms with Gasteiger partial charge in [-0.1, -0.05) is 0 Å². The van der Waals surface area contributed by atoms with Crippen LogP contribution < -0.4 is 14.2 Å². The molecule has 0 fully saturated rings. The third kappa shape index (κ3) is 4.44. The number of nitrogens with one attached hydrogen (secondary N) is 2. The Morgan fingerprint density at radius 3 is 2.65 bits per heavy atom. The SMILES string of the molecule is COc1ccc(S(=O)(=O)Nc2ccc(OCCO)cc2)cc1-c1cnc2[nH]ncc2c1. The molecular weight excluding hydrogens is 420 g/mol. The number of aromatic amines is 1. The second-order valence-corrected chi connectivity index (χ2v) is 8.28. The van der Waals surface area contributed by atoms with Gasteiger partial charge >= 0.3 is 0 Å². The van der Waals surface area contributed by atoms with Crippen LogP contribution in [0, 0.1) is 0 Å². The normalized spacial score (nSPS) is 11.4. The van der Waals surface area contributed by atoms with Gasteiger partial charge in [0.05, 0.1) is 24.8 Å². The van der Waals surface area contributed by atoms with Crippen molar-refractivity contribution in [1.82, 2.24) is 15.2 Å². The fraction of sp³-hybridized carbons (Fsp3) is 0.143. The van der Waals surface area contributed by atoms with Crippen LogP contribution in [0.5, 0.6) is 11.5 Å². The monoisotopic (exact) mass is 440 g/mol. The van der Waals surface area contributed by atoms with Gasteiger partial charge < -0.3 is 14.6 Å². The maximum atomic E-state index is 13.0. The summed E-state index contributed by atoms with van der Waals surface area (Å²) in [7, 11) is -2.33. The topological polar surface area (TPSA) is 126 Å². The van der Waals surface area contributed by atoms with Gasteiger partial charge in [-0.2, -0.15) is 5.10 Å². The van der Waals surface area contributed by atoms with Crippen molar-refractivity contribution >= 4 is 26.7 Å². The molecule has 0 aliphatic rings. The lowest BCUT2D eigenvalue weighted by Gasteiger charge is -2.13. The number of anilines is 1. The summed E-state index contributed by atoms with van der Waals surface area (Å²) < 4.78 is 39.2. The number of aliphatic hydroxyl groups excluding tert-OH is 1. The molecule has 0 radical (unpaired) electrons. The molecule has 9 nitrogen and oxygen atoms in total. The number of sulfonamides is 1. The highest BCUT2D eigenvalue weighted by atomic mass is 32.2. The van der Waals surface area contributed by atoms with E-state index in [2.05, 4.69) is 19.9 Å². The quantitative estimate of drug-likeness (QED) is 0.384. The number of fused-ring (bicyclic) bond motifs is 1. The lowest BCUT2D eigenvalue weighted by atomic mass is 10.1. The van der Waals surface area contributed by atoms with Crippen LogP contribution >= 0.6 is 0 Å². The molecule has 2 aromatic carbocycles. The van der Waals surface area contributed by atoms with Crippen LogP contribution in [-0.4, -0.2) is 49.0 Å². The molecule has 160 valence electrons. The summed E-state index contributed by atoms with van der Waals surface area (Å²) in [6.45, 7) is 0.0659. The van der Waals surface area contributed by atoms with Crippen LogP contribution in [0.15, 0.2) is 65.8 Å². The van der Waals surface area contributed by atoms with E-state index in [4.69, 9.17) is 14.6 Å². The number of ether oxygens (including phenoxy) is 2. The van der Waals surface area contributed by atoms with Gasteiger partial charge in [0, 0.05) is 28.4 Å². The first-order chi connectivity index (χ1) is 15.0. The standard InChI is InChI=1S/C21H20N4O5S/c1-29-20-7-6-18(11-19(20)14-10-15-13-23-24-21(15)22-12-14)31(27,28)25-16-2-4-17(5-3-16)30-9-8-26/h2-7,10-13,25-26H,8-9H2,1H3,(H,22,23,24). The Kier molecular flexibility index (Phi) is 5.74. The van der Waals surface area contributed by atoms with Crippen molar-refractivity contribution in [3.05, 3.63) is 60.9 Å². The molecule has 0 unspecified atom stereocenters. The number of H-pyrrole nitrogens is 1. The molecule has 3 N–H and O–H groups in total. The highest BCUT2D eigenvalue weighted by Crippen LogP contribution is 2.33. The Labute approximate surface area is 178 Å². The van der Waals surface area contributed by atoms with Crippen LogP contribution in [0.3, 0.4) is 0 Å². The number of aliphatic hydroxyl groups is 1. The van der Waals surface area contributed by atoms with Gasteiger partial charge in [0.1, 0.15) is 18.1 Å². The Morgan fingerprint density at radius 1 is 1.10 bits per heavy atom. The van der Waals surface area contributed by atoms with E-state index in [1.807, 2.05) is 6.07 Å². The Morgan fingerprint density at radius 2 is 1.90 bits per heavy atom. The van der Waals surface area contributed by atoms with Crippen molar-refractivity contribution in [1.29, 1.82) is 0 Å². The molecule has 31 heavy (non-hydrogen) atoms. The summed E-state index contributed by atoms with van der Waals surface area (Å²) in [6.07, 6.45) is 3.28. The van der Waals surface area contributed by atoms with Gasteiger partial charge in [-0.3, -0.25) is 9.82 Å². The summed E-state index contributed by atoms with van der Waals surface area (Å²) in [4.78, 5) is 4.40. The fourth-order valence-electron chi connectivity index (χ4n) is 3.06. The third-order valence-corrected chi connectivity index (χ3v) is 5.93. The summed E-state index contributed by atoms with van der Waals surface area (Å²) >= 11 is 0. The van der Waals surface area contributed by atoms with E-state index in [9.17, 15) is 8.42 Å². The highest BCUT2D eigenvalue weighted by molar-refractivity contribution is 7.92. The minimum absolute atomic E-state index is 0.0798. The van der Waals surface area contributed by atoms with Crippen LogP contribution in [-0.2, 0) is 10.0 Å². The molecule has 0 saturated carbocycles. The molecule has 0 atom stereocenters. The molecule has 2 aromatic heterocycles. The fourth-order valence-corrected chi connectivity index (χ4v) is 4.14. The molecule has 0 amide bonds. The number of benzene rings is 2. The molecule has 10 heteroatoms. The summed E-state index contributed by atoms with van der Waals surface area (Å²) in [6, 6.07) is 12.9. The molecule has 0 aliphatic carbocycles. The number of rotatable bonds is 8. The molecule has 0 aliphatic heterocycles. The Bertz CT molecular complexity index is 1300. The number of methoxy groups -OCH3 is 1. The maximum absolute atomic E-state index is 13.0. The average molecular weight is 440 g/mol. The van der Waals surface area contributed by atoms with E-state index in [0.717, 1.165) is 5.39 Å². The first kappa shape index (κ1) is 20.6. The van der Waals surface area contributed by atoms with Crippen molar-refractivity contribution in [2.75, 3.05) is 25.0 Å². The van der Waals surface area contributed by atoms with E-state index in [1.165, 1.54) is 13.2 Å². The second-order valence-electron chi connectivity index (χ2n) is 6.60. The predicted molar refractivity (Wildman–Crippen MR) is 116 cm³/mol. The summed E-state index contributed by atoms with van der Waals surface area (Å²) in [5, 5.41) is 16.4. The molecule has 0 saturated heterocycles. The number of aromatic nitrogens is 3. The van der Waals surface area contributed by atoms with Gasteiger partial charge in [-0.05, 0) is 48.5 Å². The van der Waals surface area contributed by atoms with Crippen molar-refractivity contribution in [3.8, 4) is 22.6 Å². The lowest BCUT2D eigenvalue weighted by Crippen LogP contribution is -2.13. The molecule has 0 spiro atoms. The van der Waals surface area contributed by atoms with E-state index in [-0.39, 0.29) is 18.1 Å². The first-order valence-electron chi connectivity index (χ1n) is 9.34. The van der Waals surface area contributed by atoms with Gasteiger partial charge in [-0.25, -0.2) is 13.4 Å². The van der Waals surface area contributed by atoms with Crippen LogP contribution in [0.1, 0.15) is 0 Å². The molecule has 4 aromatic rings. The van der Waals surface area contributed by atoms with Crippen molar-refractivity contribution in [2.45, 2.75) is 4.90 Å². The van der Waals surface area contributed by atoms with E-state index in [0.29, 0.717) is 34.0 Å². The van der Waals surface area contributed by atoms with E-state index < -0.39 is 10.0 Å². The summed E-state index contributed by atoms with van der Waals surface area (Å²) in [5.41, 5.74) is 2.32. The van der Waals surface area contributed by atoms with Crippen molar-refractivity contribution in [3.63, 3.8) is 0 Å². The second kappa shape index (κ2) is 8.62.